The fourth-order valence-corrected chi connectivity index (χ4v) is 2.81. The molecule has 0 aliphatic carbocycles. The fourth-order valence-electron chi connectivity index (χ4n) is 2.81. The summed E-state index contributed by atoms with van der Waals surface area (Å²) in [6, 6.07) is 2.31. The number of likely N-dealkylation sites (tertiary alicyclic amines) is 1. The van der Waals surface area contributed by atoms with E-state index in [4.69, 9.17) is 14.9 Å². The van der Waals surface area contributed by atoms with Crippen molar-refractivity contribution < 1.29 is 23.8 Å². The summed E-state index contributed by atoms with van der Waals surface area (Å²) in [5.41, 5.74) is 5.58. The van der Waals surface area contributed by atoms with Crippen molar-refractivity contribution in [2.75, 3.05) is 6.54 Å². The molecular weight excluding hydrogens is 300 g/mol. The van der Waals surface area contributed by atoms with Gasteiger partial charge in [0.1, 0.15) is 11.4 Å². The van der Waals surface area contributed by atoms with Gasteiger partial charge in [0, 0.05) is 6.54 Å². The summed E-state index contributed by atoms with van der Waals surface area (Å²) in [4.78, 5) is 25.4. The number of aliphatic carboxylic acids is 1. The van der Waals surface area contributed by atoms with Gasteiger partial charge in [0.25, 0.3) is 0 Å². The Morgan fingerprint density at radius 2 is 2.17 bits per heavy atom. The van der Waals surface area contributed by atoms with Crippen LogP contribution in [0, 0.1) is 5.92 Å². The van der Waals surface area contributed by atoms with Crippen molar-refractivity contribution in [1.82, 2.24) is 4.90 Å². The predicted molar refractivity (Wildman–Crippen MR) is 82.3 cm³/mol. The Morgan fingerprint density at radius 1 is 1.48 bits per heavy atom. The largest absolute Gasteiger partial charge is 0.480 e. The number of rotatable bonds is 4. The van der Waals surface area contributed by atoms with Crippen molar-refractivity contribution in [3.8, 4) is 0 Å². The lowest BCUT2D eigenvalue weighted by atomic mass is 9.93. The summed E-state index contributed by atoms with van der Waals surface area (Å²) < 4.78 is 10.6. The monoisotopic (exact) mass is 324 g/mol. The molecule has 1 fully saturated rings. The highest BCUT2D eigenvalue weighted by Gasteiger charge is 2.39. The normalized spacial score (nSPS) is 24.2. The van der Waals surface area contributed by atoms with Crippen molar-refractivity contribution in [3.63, 3.8) is 0 Å². The summed E-state index contributed by atoms with van der Waals surface area (Å²) in [5.74, 6) is -1.28. The van der Waals surface area contributed by atoms with Crippen molar-refractivity contribution >= 4 is 11.9 Å². The molecule has 1 saturated heterocycles. The van der Waals surface area contributed by atoms with Crippen molar-refractivity contribution in [2.24, 2.45) is 11.7 Å². The number of carboxylic acid groups (broad SMARTS) is 1. The zero-order valence-corrected chi connectivity index (χ0v) is 13.7. The number of carbonyl (C=O) groups excluding carboxylic acids is 1. The van der Waals surface area contributed by atoms with Crippen LogP contribution in [-0.4, -0.2) is 40.3 Å². The molecule has 2 rings (SSSR count). The first-order valence-electron chi connectivity index (χ1n) is 7.69. The van der Waals surface area contributed by atoms with Gasteiger partial charge in [-0.15, -0.1) is 0 Å². The van der Waals surface area contributed by atoms with Gasteiger partial charge in [-0.05, 0) is 45.7 Å². The van der Waals surface area contributed by atoms with E-state index in [2.05, 4.69) is 0 Å². The topological polar surface area (TPSA) is 106 Å². The lowest BCUT2D eigenvalue weighted by Crippen LogP contribution is -2.52. The van der Waals surface area contributed by atoms with E-state index in [0.29, 0.717) is 25.1 Å². The molecular formula is C16H24N2O5. The van der Waals surface area contributed by atoms with Crippen LogP contribution >= 0.6 is 0 Å². The van der Waals surface area contributed by atoms with Gasteiger partial charge in [-0.3, -0.25) is 14.5 Å². The fraction of sp³-hybridized carbons (Fsp3) is 0.625. The molecule has 0 bridgehead atoms. The van der Waals surface area contributed by atoms with E-state index in [1.807, 2.05) is 20.8 Å². The Bertz CT molecular complexity index is 549. The second-order valence-electron chi connectivity index (χ2n) is 6.82. The van der Waals surface area contributed by atoms with Crippen LogP contribution in [0.2, 0.25) is 0 Å². The first kappa shape index (κ1) is 17.5. The molecule has 128 valence electrons. The SMILES string of the molecule is CC(C)(C)OC(=O)[C@@H]1CCN([C@@H](C(=O)O)c2ccco2)[C@@H](N)C1. The van der Waals surface area contributed by atoms with E-state index in [9.17, 15) is 14.7 Å². The average Bonchev–Trinajstić information content (AvgIpc) is 2.92. The Kier molecular flexibility index (Phi) is 5.11. The first-order chi connectivity index (χ1) is 10.7. The van der Waals surface area contributed by atoms with Gasteiger partial charge in [0.15, 0.2) is 6.04 Å². The average molecular weight is 324 g/mol. The Balaban J connectivity index is 2.06. The Morgan fingerprint density at radius 3 is 2.65 bits per heavy atom. The minimum Gasteiger partial charge on any atom is -0.480 e. The molecule has 0 aromatic carbocycles. The number of esters is 1. The molecule has 0 amide bonds. The maximum Gasteiger partial charge on any atom is 0.328 e. The van der Waals surface area contributed by atoms with Gasteiger partial charge in [0.05, 0.1) is 18.3 Å². The molecule has 0 spiro atoms. The predicted octanol–water partition coefficient (Wildman–Crippen LogP) is 1.74. The maximum atomic E-state index is 12.2. The molecule has 23 heavy (non-hydrogen) atoms. The molecule has 1 aromatic heterocycles. The molecule has 1 aromatic rings. The maximum absolute atomic E-state index is 12.2. The molecule has 7 nitrogen and oxygen atoms in total. The quantitative estimate of drug-likeness (QED) is 0.812. The van der Waals surface area contributed by atoms with Crippen LogP contribution in [-0.2, 0) is 14.3 Å². The molecule has 1 aliphatic heterocycles. The zero-order valence-electron chi connectivity index (χ0n) is 13.7. The van der Waals surface area contributed by atoms with E-state index in [-0.39, 0.29) is 11.9 Å². The van der Waals surface area contributed by atoms with Crippen LogP contribution in [0.1, 0.15) is 45.4 Å². The molecule has 1 aliphatic rings. The van der Waals surface area contributed by atoms with E-state index in [1.54, 1.807) is 17.0 Å². The number of ether oxygens (including phenoxy) is 1. The first-order valence-corrected chi connectivity index (χ1v) is 7.69. The second kappa shape index (κ2) is 6.72. The minimum absolute atomic E-state index is 0.280. The van der Waals surface area contributed by atoms with Crippen LogP contribution in [0.4, 0.5) is 0 Å². The van der Waals surface area contributed by atoms with Crippen LogP contribution in [0.5, 0.6) is 0 Å². The van der Waals surface area contributed by atoms with Gasteiger partial charge in [0.2, 0.25) is 0 Å². The minimum atomic E-state index is -1.02. The summed E-state index contributed by atoms with van der Waals surface area (Å²) >= 11 is 0. The number of carbonyl (C=O) groups is 2. The number of hydrogen-bond acceptors (Lipinski definition) is 6. The number of nitrogens with two attached hydrogens (primary N) is 1. The van der Waals surface area contributed by atoms with E-state index in [0.717, 1.165) is 0 Å². The van der Waals surface area contributed by atoms with E-state index in [1.165, 1.54) is 6.26 Å². The lowest BCUT2D eigenvalue weighted by Gasteiger charge is -2.39. The Hall–Kier alpha value is -1.86. The third kappa shape index (κ3) is 4.33. The number of carboxylic acids is 1. The van der Waals surface area contributed by atoms with Crippen LogP contribution < -0.4 is 5.73 Å². The van der Waals surface area contributed by atoms with Crippen LogP contribution in [0.3, 0.4) is 0 Å². The van der Waals surface area contributed by atoms with Crippen molar-refractivity contribution in [3.05, 3.63) is 24.2 Å². The third-order valence-electron chi connectivity index (χ3n) is 3.81. The number of piperidine rings is 1. The van der Waals surface area contributed by atoms with Gasteiger partial charge >= 0.3 is 11.9 Å². The molecule has 3 N–H and O–H groups in total. The van der Waals surface area contributed by atoms with E-state index < -0.39 is 23.8 Å². The summed E-state index contributed by atoms with van der Waals surface area (Å²) in [7, 11) is 0. The van der Waals surface area contributed by atoms with Crippen LogP contribution in [0.25, 0.3) is 0 Å². The Labute approximate surface area is 135 Å². The summed E-state index contributed by atoms with van der Waals surface area (Å²) in [6.07, 6.45) is 1.75. The third-order valence-corrected chi connectivity index (χ3v) is 3.81. The highest BCUT2D eigenvalue weighted by molar-refractivity contribution is 5.75. The molecule has 0 unspecified atom stereocenters. The zero-order chi connectivity index (χ0) is 17.2. The standard InChI is InChI=1S/C16H24N2O5/c1-16(2,3)23-15(21)10-6-7-18(12(17)9-10)13(14(19)20)11-5-4-8-22-11/h4-5,8,10,12-13H,6-7,9,17H2,1-3H3,(H,19,20)/t10-,12-,13-/m1/s1. The van der Waals surface area contributed by atoms with Gasteiger partial charge < -0.3 is 20.0 Å². The summed E-state index contributed by atoms with van der Waals surface area (Å²) in [5, 5.41) is 9.49. The highest BCUT2D eigenvalue weighted by atomic mass is 16.6. The van der Waals surface area contributed by atoms with Gasteiger partial charge in [-0.2, -0.15) is 0 Å². The van der Waals surface area contributed by atoms with Crippen LogP contribution in [0.15, 0.2) is 22.8 Å². The molecule has 3 atom stereocenters. The smallest absolute Gasteiger partial charge is 0.328 e. The van der Waals surface area contributed by atoms with Crippen molar-refractivity contribution in [2.45, 2.75) is 51.4 Å². The van der Waals surface area contributed by atoms with Gasteiger partial charge in [-0.1, -0.05) is 0 Å². The van der Waals surface area contributed by atoms with Crippen molar-refractivity contribution in [1.29, 1.82) is 0 Å². The number of nitrogens with zero attached hydrogens (tertiary/aromatic N) is 1. The highest BCUT2D eigenvalue weighted by Crippen LogP contribution is 2.31. The molecule has 2 heterocycles. The number of furan rings is 1. The molecule has 0 radical (unpaired) electrons. The lowest BCUT2D eigenvalue weighted by molar-refractivity contribution is -0.163. The summed E-state index contributed by atoms with van der Waals surface area (Å²) in [6.45, 7) is 5.84. The van der Waals surface area contributed by atoms with E-state index >= 15 is 0 Å². The molecule has 0 saturated carbocycles. The van der Waals surface area contributed by atoms with Gasteiger partial charge in [-0.25, -0.2) is 0 Å². The molecule has 7 heteroatoms. The second-order valence-corrected chi connectivity index (χ2v) is 6.82. The number of hydrogen-bond donors (Lipinski definition) is 2.